The number of carbonyl (C=O) groups excluding carboxylic acids is 1. The molecule has 0 aliphatic carbocycles. The molecule has 0 spiro atoms. The van der Waals surface area contributed by atoms with Crippen molar-refractivity contribution in [2.24, 2.45) is 10.4 Å². The van der Waals surface area contributed by atoms with Gasteiger partial charge in [-0.15, -0.1) is 0 Å². The summed E-state index contributed by atoms with van der Waals surface area (Å²) in [6, 6.07) is 9.77. The Morgan fingerprint density at radius 3 is 2.54 bits per heavy atom. The monoisotopic (exact) mass is 366 g/mol. The zero-order valence-corrected chi connectivity index (χ0v) is 15.7. The summed E-state index contributed by atoms with van der Waals surface area (Å²) in [5, 5.41) is 0.619. The van der Waals surface area contributed by atoms with Gasteiger partial charge in [0.2, 0.25) is 0 Å². The Kier molecular flexibility index (Phi) is 4.51. The normalized spacial score (nSPS) is 27.5. The number of aliphatic imine (C=N–C) groups is 1. The molecule has 0 N–H and O–H groups in total. The molecule has 130 valence electrons. The Labute approximate surface area is 147 Å². The zero-order chi connectivity index (χ0) is 17.5. The van der Waals surface area contributed by atoms with Crippen LogP contribution in [-0.4, -0.2) is 47.2 Å². The first kappa shape index (κ1) is 17.5. The van der Waals surface area contributed by atoms with Crippen LogP contribution in [0.15, 0.2) is 35.3 Å². The number of hydrogen-bond acceptors (Lipinski definition) is 4. The molecular formula is C17H22N2O3S2. The summed E-state index contributed by atoms with van der Waals surface area (Å²) >= 11 is 1.43. The molecule has 2 aliphatic rings. The highest BCUT2D eigenvalue weighted by atomic mass is 32.2. The number of sulfone groups is 1. The quantitative estimate of drug-likeness (QED) is 0.804. The van der Waals surface area contributed by atoms with Crippen LogP contribution in [0.4, 0.5) is 0 Å². The first-order valence-corrected chi connectivity index (χ1v) is 10.7. The van der Waals surface area contributed by atoms with Gasteiger partial charge in [0.1, 0.15) is 0 Å². The molecule has 1 aromatic rings. The van der Waals surface area contributed by atoms with E-state index in [4.69, 9.17) is 0 Å². The largest absolute Gasteiger partial charge is 0.342 e. The minimum Gasteiger partial charge on any atom is -0.342 e. The summed E-state index contributed by atoms with van der Waals surface area (Å²) in [5.41, 5.74) is 0.536. The summed E-state index contributed by atoms with van der Waals surface area (Å²) in [7, 11) is -3.01. The second-order valence-electron chi connectivity index (χ2n) is 7.36. The van der Waals surface area contributed by atoms with Gasteiger partial charge < -0.3 is 4.90 Å². The van der Waals surface area contributed by atoms with E-state index in [9.17, 15) is 13.2 Å². The molecule has 0 aromatic heterocycles. The predicted molar refractivity (Wildman–Crippen MR) is 97.7 cm³/mol. The maximum absolute atomic E-state index is 12.3. The lowest BCUT2D eigenvalue weighted by atomic mass is 9.96. The van der Waals surface area contributed by atoms with Crippen LogP contribution in [0.1, 0.15) is 26.3 Å². The molecule has 2 fully saturated rings. The molecular weight excluding hydrogens is 344 g/mol. The van der Waals surface area contributed by atoms with Crippen molar-refractivity contribution in [2.45, 2.75) is 38.6 Å². The second-order valence-corrected chi connectivity index (χ2v) is 10.7. The summed E-state index contributed by atoms with van der Waals surface area (Å²) < 4.78 is 24.0. The highest BCUT2D eigenvalue weighted by molar-refractivity contribution is 8.15. The number of thioether (sulfide) groups is 1. The van der Waals surface area contributed by atoms with Gasteiger partial charge in [0.15, 0.2) is 15.0 Å². The maximum Gasteiger partial charge on any atom is 0.253 e. The number of nitrogens with zero attached hydrogens (tertiary/aromatic N) is 2. The van der Waals surface area contributed by atoms with Crippen molar-refractivity contribution < 1.29 is 13.2 Å². The summed E-state index contributed by atoms with van der Waals surface area (Å²) in [4.78, 5) is 18.6. The highest BCUT2D eigenvalue weighted by Crippen LogP contribution is 2.39. The summed E-state index contributed by atoms with van der Waals surface area (Å²) in [6.45, 7) is 6.09. The van der Waals surface area contributed by atoms with E-state index < -0.39 is 15.3 Å². The average Bonchev–Trinajstić information content (AvgIpc) is 2.92. The fraction of sp³-hybridized carbons (Fsp3) is 0.529. The molecule has 2 aliphatic heterocycles. The van der Waals surface area contributed by atoms with Crippen LogP contribution < -0.4 is 0 Å². The fourth-order valence-electron chi connectivity index (χ4n) is 2.86. The minimum atomic E-state index is -3.01. The highest BCUT2D eigenvalue weighted by Gasteiger charge is 2.48. The van der Waals surface area contributed by atoms with Gasteiger partial charge in [0.25, 0.3) is 5.91 Å². The van der Waals surface area contributed by atoms with Crippen LogP contribution in [0.2, 0.25) is 0 Å². The van der Waals surface area contributed by atoms with Crippen molar-refractivity contribution in [3.63, 3.8) is 0 Å². The lowest BCUT2D eigenvalue weighted by Crippen LogP contribution is -2.37. The van der Waals surface area contributed by atoms with E-state index in [0.29, 0.717) is 11.7 Å². The van der Waals surface area contributed by atoms with E-state index in [1.165, 1.54) is 11.8 Å². The number of rotatable bonds is 2. The molecule has 7 heteroatoms. The zero-order valence-electron chi connectivity index (χ0n) is 14.1. The topological polar surface area (TPSA) is 66.8 Å². The summed E-state index contributed by atoms with van der Waals surface area (Å²) in [6.07, 6.45) is 0. The SMILES string of the molecule is CC(C)(C)C(=O)N=C1S[C@@H]2CS(=O)(=O)C[C@@H]2N1Cc1ccccc1. The van der Waals surface area contributed by atoms with Crippen LogP contribution in [0.25, 0.3) is 0 Å². The van der Waals surface area contributed by atoms with Crippen molar-refractivity contribution in [3.8, 4) is 0 Å². The van der Waals surface area contributed by atoms with Gasteiger partial charge in [-0.3, -0.25) is 4.79 Å². The number of benzene rings is 1. The number of amidine groups is 1. The number of hydrogen-bond donors (Lipinski definition) is 0. The van der Waals surface area contributed by atoms with Crippen molar-refractivity contribution in [1.29, 1.82) is 0 Å². The fourth-order valence-corrected chi connectivity index (χ4v) is 6.80. The van der Waals surface area contributed by atoms with E-state index in [1.54, 1.807) is 0 Å². The van der Waals surface area contributed by atoms with Gasteiger partial charge in [0, 0.05) is 17.2 Å². The molecule has 2 heterocycles. The number of carbonyl (C=O) groups is 1. The molecule has 0 unspecified atom stereocenters. The Bertz CT molecular complexity index is 767. The van der Waals surface area contributed by atoms with Gasteiger partial charge >= 0.3 is 0 Å². The molecule has 5 nitrogen and oxygen atoms in total. The molecule has 24 heavy (non-hydrogen) atoms. The maximum atomic E-state index is 12.3. The van der Waals surface area contributed by atoms with Gasteiger partial charge in [-0.25, -0.2) is 8.42 Å². The Morgan fingerprint density at radius 2 is 1.92 bits per heavy atom. The van der Waals surface area contributed by atoms with Crippen LogP contribution in [-0.2, 0) is 21.2 Å². The van der Waals surface area contributed by atoms with E-state index in [-0.39, 0.29) is 28.7 Å². The van der Waals surface area contributed by atoms with Crippen molar-refractivity contribution in [3.05, 3.63) is 35.9 Å². The van der Waals surface area contributed by atoms with Gasteiger partial charge in [-0.2, -0.15) is 4.99 Å². The molecule has 2 atom stereocenters. The predicted octanol–water partition coefficient (Wildman–Crippen LogP) is 2.33. The third kappa shape index (κ3) is 3.67. The summed E-state index contributed by atoms with van der Waals surface area (Å²) in [5.74, 6) is 0.127. The van der Waals surface area contributed by atoms with Crippen molar-refractivity contribution in [1.82, 2.24) is 4.90 Å². The second kappa shape index (κ2) is 6.19. The molecule has 1 amide bonds. The number of amides is 1. The molecule has 2 saturated heterocycles. The Morgan fingerprint density at radius 1 is 1.25 bits per heavy atom. The van der Waals surface area contributed by atoms with Gasteiger partial charge in [-0.05, 0) is 5.56 Å². The van der Waals surface area contributed by atoms with Crippen molar-refractivity contribution >= 4 is 32.7 Å². The third-order valence-corrected chi connectivity index (χ3v) is 7.46. The van der Waals surface area contributed by atoms with Crippen LogP contribution in [0.5, 0.6) is 0 Å². The van der Waals surface area contributed by atoms with E-state index in [1.807, 2.05) is 56.0 Å². The molecule has 0 saturated carbocycles. The Hall–Kier alpha value is -1.34. The minimum absolute atomic E-state index is 0.0368. The lowest BCUT2D eigenvalue weighted by molar-refractivity contribution is -0.124. The van der Waals surface area contributed by atoms with E-state index in [0.717, 1.165) is 5.56 Å². The molecule has 0 radical (unpaired) electrons. The van der Waals surface area contributed by atoms with Crippen molar-refractivity contribution in [2.75, 3.05) is 11.5 Å². The first-order valence-electron chi connectivity index (χ1n) is 7.96. The van der Waals surface area contributed by atoms with E-state index in [2.05, 4.69) is 4.99 Å². The third-order valence-electron chi connectivity index (χ3n) is 4.21. The first-order chi connectivity index (χ1) is 11.2. The molecule has 3 rings (SSSR count). The van der Waals surface area contributed by atoms with Gasteiger partial charge in [-0.1, -0.05) is 62.9 Å². The smallest absolute Gasteiger partial charge is 0.253 e. The van der Waals surface area contributed by atoms with Gasteiger partial charge in [0.05, 0.1) is 17.5 Å². The molecule has 1 aromatic carbocycles. The van der Waals surface area contributed by atoms with Crippen LogP contribution in [0, 0.1) is 5.41 Å². The Balaban J connectivity index is 1.91. The number of fused-ring (bicyclic) bond motifs is 1. The lowest BCUT2D eigenvalue weighted by Gasteiger charge is -2.25. The molecule has 0 bridgehead atoms. The van der Waals surface area contributed by atoms with E-state index >= 15 is 0 Å². The van der Waals surface area contributed by atoms with Crippen LogP contribution in [0.3, 0.4) is 0 Å². The van der Waals surface area contributed by atoms with Crippen LogP contribution >= 0.6 is 11.8 Å². The standard InChI is InChI=1S/C17H22N2O3S2/c1-17(2,3)15(20)18-16-19(9-12-7-5-4-6-8-12)13-10-24(21,22)11-14(13)23-16/h4-8,13-14H,9-11H2,1-3H3/t13-,14+/m0/s1. The average molecular weight is 367 g/mol.